The number of nitrogens with one attached hydrogen (secondary N) is 1. The van der Waals surface area contributed by atoms with Crippen molar-refractivity contribution in [3.63, 3.8) is 0 Å². The van der Waals surface area contributed by atoms with Gasteiger partial charge in [0.1, 0.15) is 28.5 Å². The van der Waals surface area contributed by atoms with Gasteiger partial charge in [0.05, 0.1) is 12.2 Å². The molecule has 1 N–H and O–H groups in total. The molecule has 3 aromatic carbocycles. The number of benzene rings is 3. The summed E-state index contributed by atoms with van der Waals surface area (Å²) in [5, 5.41) is 4.13. The third-order valence-electron chi connectivity index (χ3n) is 11.3. The molecule has 2 aliphatic rings. The van der Waals surface area contributed by atoms with E-state index in [9.17, 15) is 9.18 Å². The first-order chi connectivity index (χ1) is 26.1. The standard InChI is InChI=1S/C44H50Cl2FN5O3/c1-8-55-37-25-38(42(3,4)5)48-27-35(37)40-50-43(6,31-12-16-33(45)17-13-31)44(7,32-14-18-34(46)19-15-32)52(40)41(54)51-22-20-29(21-23-51)24-39(53)49-26-30-10-9-11-36(47)28(30)2/h9-19,25,27,29H,8,20-24,26H2,1-7H3,(H,49,53)/t43-,44+/m0/s1. The Morgan fingerprint density at radius 2 is 1.58 bits per heavy atom. The van der Waals surface area contributed by atoms with E-state index >= 15 is 4.79 Å². The minimum absolute atomic E-state index is 0.0880. The summed E-state index contributed by atoms with van der Waals surface area (Å²) < 4.78 is 20.3. The molecule has 0 bridgehead atoms. The van der Waals surface area contributed by atoms with Crippen LogP contribution in [0.4, 0.5) is 9.18 Å². The number of amides is 3. The van der Waals surface area contributed by atoms with Crippen molar-refractivity contribution in [1.29, 1.82) is 0 Å². The zero-order valence-corrected chi connectivity index (χ0v) is 34.2. The van der Waals surface area contributed by atoms with Crippen LogP contribution in [0.1, 0.15) is 94.3 Å². The van der Waals surface area contributed by atoms with Crippen LogP contribution in [0, 0.1) is 18.7 Å². The number of aromatic nitrogens is 1. The molecule has 11 heteroatoms. The number of ether oxygens (including phenoxy) is 1. The maximum Gasteiger partial charge on any atom is 0.326 e. The van der Waals surface area contributed by atoms with Crippen molar-refractivity contribution >= 4 is 41.0 Å². The van der Waals surface area contributed by atoms with E-state index in [-0.39, 0.29) is 35.6 Å². The molecule has 3 heterocycles. The summed E-state index contributed by atoms with van der Waals surface area (Å²) in [6, 6.07) is 21.8. The lowest BCUT2D eigenvalue weighted by Gasteiger charge is -2.47. The number of halogens is 3. The van der Waals surface area contributed by atoms with Crippen molar-refractivity contribution < 1.29 is 18.7 Å². The van der Waals surface area contributed by atoms with Crippen LogP contribution in [0.2, 0.25) is 10.0 Å². The Kier molecular flexibility index (Phi) is 11.7. The van der Waals surface area contributed by atoms with E-state index in [2.05, 4.69) is 26.1 Å². The van der Waals surface area contributed by atoms with Gasteiger partial charge in [0.25, 0.3) is 0 Å². The lowest BCUT2D eigenvalue weighted by Crippen LogP contribution is -2.59. The van der Waals surface area contributed by atoms with Crippen molar-refractivity contribution in [2.24, 2.45) is 10.9 Å². The maximum atomic E-state index is 15.3. The number of carbonyl (C=O) groups excluding carboxylic acids is 2. The summed E-state index contributed by atoms with van der Waals surface area (Å²) in [6.45, 7) is 15.6. The van der Waals surface area contributed by atoms with E-state index in [1.54, 1.807) is 19.2 Å². The Labute approximate surface area is 334 Å². The summed E-state index contributed by atoms with van der Waals surface area (Å²) in [5.74, 6) is 0.750. The van der Waals surface area contributed by atoms with Crippen LogP contribution in [-0.4, -0.2) is 52.3 Å². The van der Waals surface area contributed by atoms with Gasteiger partial charge in [0.2, 0.25) is 5.91 Å². The SMILES string of the molecule is CCOc1cc(C(C)(C)C)ncc1C1=N[C@@](C)(c2ccc(Cl)cc2)[C@@](C)(c2ccc(Cl)cc2)N1C(=O)N1CCC(CC(=O)NCc2cccc(F)c2C)CC1. The number of amidine groups is 1. The van der Waals surface area contributed by atoms with Gasteiger partial charge in [0, 0.05) is 59.5 Å². The summed E-state index contributed by atoms with van der Waals surface area (Å²) in [5.41, 5.74) is 2.17. The zero-order valence-electron chi connectivity index (χ0n) is 32.7. The second-order valence-corrected chi connectivity index (χ2v) is 16.8. The molecule has 6 rings (SSSR count). The van der Waals surface area contributed by atoms with Crippen LogP contribution >= 0.6 is 23.2 Å². The molecular formula is C44H50Cl2FN5O3. The first kappa shape index (κ1) is 40.2. The Morgan fingerprint density at radius 1 is 0.964 bits per heavy atom. The van der Waals surface area contributed by atoms with Crippen LogP contribution in [0.25, 0.3) is 0 Å². The highest BCUT2D eigenvalue weighted by molar-refractivity contribution is 6.30. The van der Waals surface area contributed by atoms with Crippen LogP contribution in [-0.2, 0) is 27.8 Å². The van der Waals surface area contributed by atoms with Gasteiger partial charge in [-0.05, 0) is 99.0 Å². The summed E-state index contributed by atoms with van der Waals surface area (Å²) in [6.07, 6.45) is 3.40. The Balaban J connectivity index is 1.36. The highest BCUT2D eigenvalue weighted by Crippen LogP contribution is 2.54. The Morgan fingerprint density at radius 3 is 2.18 bits per heavy atom. The van der Waals surface area contributed by atoms with E-state index in [1.165, 1.54) is 6.07 Å². The molecule has 3 amide bonds. The molecule has 1 saturated heterocycles. The molecule has 4 aromatic rings. The van der Waals surface area contributed by atoms with Crippen molar-refractivity contribution in [3.05, 3.63) is 128 Å². The number of hydrogen-bond acceptors (Lipinski definition) is 5. The van der Waals surface area contributed by atoms with Crippen molar-refractivity contribution in [3.8, 4) is 5.75 Å². The first-order valence-electron chi connectivity index (χ1n) is 18.9. The van der Waals surface area contributed by atoms with Crippen molar-refractivity contribution in [2.75, 3.05) is 19.7 Å². The summed E-state index contributed by atoms with van der Waals surface area (Å²) >= 11 is 12.8. The Bertz CT molecular complexity index is 2080. The molecule has 2 atom stereocenters. The molecular weight excluding hydrogens is 736 g/mol. The van der Waals surface area contributed by atoms with Crippen LogP contribution in [0.3, 0.4) is 0 Å². The van der Waals surface area contributed by atoms with Crippen LogP contribution < -0.4 is 10.1 Å². The lowest BCUT2D eigenvalue weighted by molar-refractivity contribution is -0.122. The maximum absolute atomic E-state index is 15.3. The quantitative estimate of drug-likeness (QED) is 0.183. The number of hydrogen-bond donors (Lipinski definition) is 1. The second-order valence-electron chi connectivity index (χ2n) is 15.9. The lowest BCUT2D eigenvalue weighted by atomic mass is 9.71. The van der Waals surface area contributed by atoms with E-state index in [0.717, 1.165) is 22.4 Å². The topological polar surface area (TPSA) is 87.1 Å². The zero-order chi connectivity index (χ0) is 39.7. The summed E-state index contributed by atoms with van der Waals surface area (Å²) in [4.78, 5) is 42.4. The van der Waals surface area contributed by atoms with E-state index in [1.807, 2.05) is 91.2 Å². The van der Waals surface area contributed by atoms with Gasteiger partial charge in [-0.15, -0.1) is 0 Å². The molecule has 8 nitrogen and oxygen atoms in total. The van der Waals surface area contributed by atoms with Crippen LogP contribution in [0.15, 0.2) is 84.0 Å². The number of pyridine rings is 1. The number of likely N-dealkylation sites (tertiary alicyclic amines) is 1. The minimum Gasteiger partial charge on any atom is -0.493 e. The van der Waals surface area contributed by atoms with Crippen molar-refractivity contribution in [1.82, 2.24) is 20.1 Å². The van der Waals surface area contributed by atoms with Gasteiger partial charge < -0.3 is 15.0 Å². The predicted octanol–water partition coefficient (Wildman–Crippen LogP) is 9.96. The highest BCUT2D eigenvalue weighted by atomic mass is 35.5. The second kappa shape index (κ2) is 15.9. The van der Waals surface area contributed by atoms with Gasteiger partial charge >= 0.3 is 6.03 Å². The fourth-order valence-electron chi connectivity index (χ4n) is 7.70. The molecule has 0 unspecified atom stereocenters. The molecule has 0 aliphatic carbocycles. The first-order valence-corrected chi connectivity index (χ1v) is 19.7. The molecule has 0 spiro atoms. The Hall–Kier alpha value is -4.47. The van der Waals surface area contributed by atoms with Gasteiger partial charge in [-0.1, -0.05) is 80.4 Å². The molecule has 55 heavy (non-hydrogen) atoms. The number of aliphatic imine (C=N–C) groups is 1. The average molecular weight is 787 g/mol. The number of rotatable bonds is 9. The molecule has 0 saturated carbocycles. The van der Waals surface area contributed by atoms with Crippen LogP contribution in [0.5, 0.6) is 5.75 Å². The van der Waals surface area contributed by atoms with Gasteiger partial charge in [-0.2, -0.15) is 0 Å². The third kappa shape index (κ3) is 7.96. The number of carbonyl (C=O) groups is 2. The number of piperidine rings is 1. The monoisotopic (exact) mass is 785 g/mol. The molecule has 1 fully saturated rings. The largest absolute Gasteiger partial charge is 0.493 e. The van der Waals surface area contributed by atoms with Crippen molar-refractivity contribution in [2.45, 2.75) is 90.8 Å². The molecule has 0 radical (unpaired) electrons. The highest BCUT2D eigenvalue weighted by Gasteiger charge is 2.60. The average Bonchev–Trinajstić information content (AvgIpc) is 3.40. The third-order valence-corrected chi connectivity index (χ3v) is 11.8. The van der Waals surface area contributed by atoms with Gasteiger partial charge in [-0.25, -0.2) is 9.18 Å². The molecule has 290 valence electrons. The van der Waals surface area contributed by atoms with Gasteiger partial charge in [-0.3, -0.25) is 19.7 Å². The molecule has 1 aromatic heterocycles. The predicted molar refractivity (Wildman–Crippen MR) is 217 cm³/mol. The summed E-state index contributed by atoms with van der Waals surface area (Å²) in [7, 11) is 0. The van der Waals surface area contributed by atoms with E-state index < -0.39 is 11.1 Å². The number of nitrogens with zero attached hydrogens (tertiary/aromatic N) is 4. The number of urea groups is 1. The minimum atomic E-state index is -1.06. The fraction of sp³-hybridized carbons (Fsp3) is 0.409. The van der Waals surface area contributed by atoms with Gasteiger partial charge in [0.15, 0.2) is 0 Å². The normalized spacial score (nSPS) is 20.4. The molecule has 2 aliphatic heterocycles. The smallest absolute Gasteiger partial charge is 0.326 e. The van der Waals surface area contributed by atoms with E-state index in [4.69, 9.17) is 37.9 Å². The van der Waals surface area contributed by atoms with E-state index in [0.29, 0.717) is 71.7 Å². The fourth-order valence-corrected chi connectivity index (χ4v) is 7.95.